The van der Waals surface area contributed by atoms with Gasteiger partial charge < -0.3 is 19.8 Å². The second-order valence-electron chi connectivity index (χ2n) is 8.39. The Morgan fingerprint density at radius 1 is 1.32 bits per heavy atom. The van der Waals surface area contributed by atoms with Gasteiger partial charge in [0.2, 0.25) is 0 Å². The topological polar surface area (TPSA) is 111 Å². The van der Waals surface area contributed by atoms with Gasteiger partial charge in [-0.05, 0) is 18.1 Å². The van der Waals surface area contributed by atoms with Crippen LogP contribution in [0, 0.1) is 11.8 Å². The first-order chi connectivity index (χ1) is 15.1. The van der Waals surface area contributed by atoms with Crippen molar-refractivity contribution < 1.29 is 13.9 Å². The van der Waals surface area contributed by atoms with E-state index in [1.165, 1.54) is 11.3 Å². The smallest absolute Gasteiger partial charge is 0.315 e. The molecule has 10 heteroatoms. The number of hydrogen-bond donors (Lipinski definition) is 1. The van der Waals surface area contributed by atoms with Gasteiger partial charge in [0, 0.05) is 43.4 Å². The molecule has 1 saturated carbocycles. The summed E-state index contributed by atoms with van der Waals surface area (Å²) in [6, 6.07) is 8.14. The number of rotatable bonds is 4. The van der Waals surface area contributed by atoms with Gasteiger partial charge in [0.25, 0.3) is 5.19 Å². The number of urea groups is 1. The van der Waals surface area contributed by atoms with Gasteiger partial charge in [-0.2, -0.15) is 4.98 Å². The first kappa shape index (κ1) is 17.4. The zero-order valence-electron chi connectivity index (χ0n) is 16.3. The average molecular weight is 434 g/mol. The van der Waals surface area contributed by atoms with Crippen LogP contribution in [-0.4, -0.2) is 56.0 Å². The number of primary amides is 1. The molecule has 2 amide bonds. The predicted octanol–water partition coefficient (Wildman–Crippen LogP) is 2.82. The highest BCUT2D eigenvalue weighted by atomic mass is 32.1. The van der Waals surface area contributed by atoms with Crippen LogP contribution < -0.4 is 10.5 Å². The molecule has 31 heavy (non-hydrogen) atoms. The molecule has 6 heterocycles. The van der Waals surface area contributed by atoms with Crippen molar-refractivity contribution in [1.82, 2.24) is 24.8 Å². The number of pyridine rings is 2. The minimum atomic E-state index is -0.304. The molecule has 4 aromatic rings. The average Bonchev–Trinajstić information content (AvgIpc) is 3.11. The normalized spacial score (nSPS) is 26.6. The Labute approximate surface area is 180 Å². The molecular formula is C21H18N6O3S. The van der Waals surface area contributed by atoms with E-state index in [2.05, 4.69) is 19.9 Å². The van der Waals surface area contributed by atoms with E-state index in [0.717, 1.165) is 29.1 Å². The molecule has 156 valence electrons. The van der Waals surface area contributed by atoms with Crippen LogP contribution in [-0.2, 0) is 6.54 Å². The van der Waals surface area contributed by atoms with Crippen molar-refractivity contribution >= 4 is 38.8 Å². The summed E-state index contributed by atoms with van der Waals surface area (Å²) in [5.74, 6) is 2.56. The van der Waals surface area contributed by atoms with E-state index >= 15 is 0 Å². The summed E-state index contributed by atoms with van der Waals surface area (Å²) < 4.78 is 12.9. The van der Waals surface area contributed by atoms with Gasteiger partial charge >= 0.3 is 6.03 Å². The third-order valence-corrected chi connectivity index (χ3v) is 7.56. The lowest BCUT2D eigenvalue weighted by molar-refractivity contribution is 0.196. The molecule has 1 aliphatic carbocycles. The van der Waals surface area contributed by atoms with E-state index in [1.54, 1.807) is 12.4 Å². The standard InChI is InChI=1S/C21H18N6O3S/c22-20(28)27-8-12-17-14(27)9-26(18(12)17)7-11-4-13-15(29-11)5-10(6-24-13)30-21-25-19-16(31-21)2-1-3-23-19/h1-6,12,14,17-18H,7-9H2,(H2,22,28). The van der Waals surface area contributed by atoms with E-state index in [4.69, 9.17) is 14.9 Å². The number of carbonyl (C=O) groups excluding carboxylic acids is 1. The molecule has 0 aromatic carbocycles. The molecule has 0 bridgehead atoms. The van der Waals surface area contributed by atoms with Crippen molar-refractivity contribution in [3.63, 3.8) is 0 Å². The number of piperidine rings is 2. The van der Waals surface area contributed by atoms with Crippen LogP contribution in [0.4, 0.5) is 4.79 Å². The first-order valence-electron chi connectivity index (χ1n) is 10.2. The third-order valence-electron chi connectivity index (χ3n) is 6.67. The lowest BCUT2D eigenvalue weighted by Gasteiger charge is -2.22. The van der Waals surface area contributed by atoms with E-state index in [9.17, 15) is 4.79 Å². The maximum Gasteiger partial charge on any atom is 0.315 e. The number of likely N-dealkylation sites (tertiary alicyclic amines) is 2. The Hall–Kier alpha value is -3.24. The third kappa shape index (κ3) is 2.64. The lowest BCUT2D eigenvalue weighted by Crippen LogP contribution is -2.42. The number of carbonyl (C=O) groups is 1. The summed E-state index contributed by atoms with van der Waals surface area (Å²) in [6.45, 7) is 2.34. The van der Waals surface area contributed by atoms with Crippen molar-refractivity contribution in [3.8, 4) is 10.9 Å². The molecule has 3 aliphatic rings. The molecule has 0 spiro atoms. The highest BCUT2D eigenvalue weighted by Crippen LogP contribution is 2.57. The Bertz CT molecular complexity index is 1320. The summed E-state index contributed by atoms with van der Waals surface area (Å²) in [4.78, 5) is 29.0. The largest absolute Gasteiger partial charge is 0.458 e. The number of hydrogen-bond acceptors (Lipinski definition) is 8. The first-order valence-corrected chi connectivity index (χ1v) is 11.0. The number of ether oxygens (including phenoxy) is 1. The Balaban J connectivity index is 1.10. The van der Waals surface area contributed by atoms with Gasteiger partial charge in [0.05, 0.1) is 23.5 Å². The zero-order valence-corrected chi connectivity index (χ0v) is 17.2. The molecule has 3 fully saturated rings. The highest BCUT2D eigenvalue weighted by molar-refractivity contribution is 7.20. The lowest BCUT2D eigenvalue weighted by atomic mass is 10.2. The molecule has 9 nitrogen and oxygen atoms in total. The molecule has 4 atom stereocenters. The van der Waals surface area contributed by atoms with Crippen LogP contribution in [0.5, 0.6) is 10.9 Å². The maximum absolute atomic E-state index is 11.6. The Morgan fingerprint density at radius 2 is 2.26 bits per heavy atom. The Morgan fingerprint density at radius 3 is 3.10 bits per heavy atom. The van der Waals surface area contributed by atoms with Crippen molar-refractivity contribution in [1.29, 1.82) is 0 Å². The predicted molar refractivity (Wildman–Crippen MR) is 113 cm³/mol. The van der Waals surface area contributed by atoms with E-state index < -0.39 is 0 Å². The summed E-state index contributed by atoms with van der Waals surface area (Å²) in [6.07, 6.45) is 3.39. The number of fused-ring (bicyclic) bond motifs is 3. The fourth-order valence-corrected chi connectivity index (χ4v) is 6.19. The fourth-order valence-electron chi connectivity index (χ4n) is 5.39. The molecule has 0 radical (unpaired) electrons. The second-order valence-corrected chi connectivity index (χ2v) is 9.39. The number of aromatic nitrogens is 3. The fraction of sp³-hybridized carbons (Fsp3) is 0.333. The minimum Gasteiger partial charge on any atom is -0.458 e. The number of nitrogens with zero attached hydrogens (tertiary/aromatic N) is 5. The minimum absolute atomic E-state index is 0.248. The van der Waals surface area contributed by atoms with Gasteiger partial charge in [0.1, 0.15) is 11.3 Å². The second kappa shape index (κ2) is 6.14. The summed E-state index contributed by atoms with van der Waals surface area (Å²) >= 11 is 1.44. The monoisotopic (exact) mass is 434 g/mol. The van der Waals surface area contributed by atoms with Gasteiger partial charge in [-0.15, -0.1) is 0 Å². The van der Waals surface area contributed by atoms with Crippen molar-refractivity contribution in [2.75, 3.05) is 13.1 Å². The van der Waals surface area contributed by atoms with Crippen LogP contribution in [0.2, 0.25) is 0 Å². The van der Waals surface area contributed by atoms with Crippen LogP contribution in [0.3, 0.4) is 0 Å². The molecule has 4 aromatic heterocycles. The number of furan rings is 1. The van der Waals surface area contributed by atoms with Gasteiger partial charge in [-0.3, -0.25) is 4.90 Å². The molecule has 7 rings (SSSR count). The van der Waals surface area contributed by atoms with E-state index in [1.807, 2.05) is 29.2 Å². The number of nitrogens with two attached hydrogens (primary N) is 1. The quantitative estimate of drug-likeness (QED) is 0.526. The van der Waals surface area contributed by atoms with Crippen LogP contribution in [0.25, 0.3) is 21.4 Å². The molecule has 2 saturated heterocycles. The van der Waals surface area contributed by atoms with Crippen molar-refractivity contribution in [2.24, 2.45) is 17.6 Å². The van der Waals surface area contributed by atoms with Crippen molar-refractivity contribution in [2.45, 2.75) is 18.6 Å². The maximum atomic E-state index is 11.6. The van der Waals surface area contributed by atoms with Crippen LogP contribution in [0.1, 0.15) is 5.76 Å². The van der Waals surface area contributed by atoms with Gasteiger partial charge in [-0.1, -0.05) is 11.3 Å². The summed E-state index contributed by atoms with van der Waals surface area (Å²) in [7, 11) is 0. The Kier molecular flexibility index (Phi) is 3.46. The molecule has 2 aliphatic heterocycles. The van der Waals surface area contributed by atoms with E-state index in [-0.39, 0.29) is 12.1 Å². The highest BCUT2D eigenvalue weighted by Gasteiger charge is 2.68. The number of amides is 2. The zero-order chi connectivity index (χ0) is 20.7. The van der Waals surface area contributed by atoms with Crippen LogP contribution in [0.15, 0.2) is 41.1 Å². The molecule has 2 N–H and O–H groups in total. The molecular weight excluding hydrogens is 416 g/mol. The van der Waals surface area contributed by atoms with E-state index in [0.29, 0.717) is 46.6 Å². The SMILES string of the molecule is NC(=O)N1CC2C3C2N(Cc2cc4ncc(Oc5nc6ncccc6s5)cc4o2)CC31. The molecule has 4 unspecified atom stereocenters. The van der Waals surface area contributed by atoms with Gasteiger partial charge in [0.15, 0.2) is 17.0 Å². The summed E-state index contributed by atoms with van der Waals surface area (Å²) in [5, 5.41) is 0.521. The summed E-state index contributed by atoms with van der Waals surface area (Å²) in [5.41, 5.74) is 7.67. The van der Waals surface area contributed by atoms with Crippen LogP contribution >= 0.6 is 11.3 Å². The van der Waals surface area contributed by atoms with Crippen molar-refractivity contribution in [3.05, 3.63) is 42.4 Å². The van der Waals surface area contributed by atoms with Gasteiger partial charge in [-0.25, -0.2) is 14.8 Å². The number of thiazole rings is 1.